The van der Waals surface area contributed by atoms with Crippen LogP contribution in [0, 0.1) is 11.6 Å². The molecule has 1 radical (unpaired) electrons. The van der Waals surface area contributed by atoms with E-state index in [9.17, 15) is 0 Å². The molecule has 0 saturated heterocycles. The molecular weight excluding hydrogens is 281 g/mol. The Morgan fingerprint density at radius 3 is 1.44 bits per heavy atom. The van der Waals surface area contributed by atoms with Crippen molar-refractivity contribution in [2.45, 2.75) is 26.7 Å². The first-order valence-corrected chi connectivity index (χ1v) is 5.07. The standard InChI is InChI=1S/C9H17N2.2CHO.Co.NO/c1-3-5-10-7-8-11(9-10)6-4-2;2*1-2;;1-2/h7-9H,3-6H2,1-2H3;2*1H;;/q3*-1;;-1. The van der Waals surface area contributed by atoms with Gasteiger partial charge in [-0.1, -0.05) is 13.8 Å². The Balaban J connectivity index is -0.000000123. The SMILES string of the molecule is CCCN1C=CN(CCC)[CH-]1.[CH-]=O.[CH-]=O.[Co].[N-]=O. The summed E-state index contributed by atoms with van der Waals surface area (Å²) in [4.78, 5) is 27.2. The third kappa shape index (κ3) is 14.8. The van der Waals surface area contributed by atoms with Crippen LogP contribution in [-0.2, 0) is 26.4 Å². The van der Waals surface area contributed by atoms with Crippen molar-refractivity contribution in [3.63, 3.8) is 0 Å². The van der Waals surface area contributed by atoms with Gasteiger partial charge in [-0.15, -0.1) is 0 Å². The molecule has 7 heteroatoms. The van der Waals surface area contributed by atoms with Gasteiger partial charge in [-0.3, -0.25) is 13.6 Å². The van der Waals surface area contributed by atoms with Crippen LogP contribution in [0.5, 0.6) is 0 Å². The second-order valence-electron chi connectivity index (χ2n) is 2.89. The zero-order valence-electron chi connectivity index (χ0n) is 10.6. The molecule has 6 nitrogen and oxygen atoms in total. The van der Waals surface area contributed by atoms with Gasteiger partial charge < -0.3 is 29.9 Å². The van der Waals surface area contributed by atoms with Crippen LogP contribution in [0.25, 0.3) is 5.59 Å². The van der Waals surface area contributed by atoms with Gasteiger partial charge in [0.1, 0.15) is 0 Å². The molecule has 1 rings (SSSR count). The summed E-state index contributed by atoms with van der Waals surface area (Å²) in [5.74, 6) is 0. The Labute approximate surface area is 119 Å². The number of carbonyl (C=O) groups excluding carboxylic acids is 2. The number of rotatable bonds is 4. The monoisotopic (exact) mass is 300 g/mol. The molecule has 0 unspecified atom stereocenters. The van der Waals surface area contributed by atoms with Crippen molar-refractivity contribution in [1.29, 1.82) is 0 Å². The molecule has 1 aliphatic heterocycles. The predicted molar refractivity (Wildman–Crippen MR) is 67.7 cm³/mol. The van der Waals surface area contributed by atoms with E-state index in [0.29, 0.717) is 0 Å². The van der Waals surface area contributed by atoms with E-state index >= 15 is 0 Å². The first kappa shape index (κ1) is 25.6. The van der Waals surface area contributed by atoms with Crippen LogP contribution in [0.4, 0.5) is 0 Å². The van der Waals surface area contributed by atoms with Crippen LogP contribution in [0.3, 0.4) is 0 Å². The minimum atomic E-state index is 0. The maximum atomic E-state index is 7.75. The van der Waals surface area contributed by atoms with Gasteiger partial charge in [0, 0.05) is 16.8 Å². The van der Waals surface area contributed by atoms with E-state index in [1.54, 1.807) is 0 Å². The van der Waals surface area contributed by atoms with E-state index in [1.807, 2.05) is 0 Å². The largest absolute Gasteiger partial charge is 0.577 e. The number of nitrogens with zero attached hydrogens (tertiary/aromatic N) is 3. The van der Waals surface area contributed by atoms with Crippen LogP contribution < -0.4 is 0 Å². The second kappa shape index (κ2) is 24.8. The summed E-state index contributed by atoms with van der Waals surface area (Å²) < 4.78 is 0. The summed E-state index contributed by atoms with van der Waals surface area (Å²) in [7, 11) is 0. The molecule has 18 heavy (non-hydrogen) atoms. The molecule has 0 bridgehead atoms. The topological polar surface area (TPSA) is 80.0 Å². The Morgan fingerprint density at radius 1 is 0.944 bits per heavy atom. The third-order valence-electron chi connectivity index (χ3n) is 1.71. The smallest absolute Gasteiger partial charge is 0 e. The van der Waals surface area contributed by atoms with E-state index in [1.165, 1.54) is 12.8 Å². The van der Waals surface area contributed by atoms with Crippen LogP contribution in [0.15, 0.2) is 12.4 Å². The summed E-state index contributed by atoms with van der Waals surface area (Å²) in [6, 6.07) is 0. The van der Waals surface area contributed by atoms with Crippen molar-refractivity contribution < 1.29 is 26.4 Å². The summed E-state index contributed by atoms with van der Waals surface area (Å²) in [5.41, 5.74) is 5.75. The van der Waals surface area contributed by atoms with Gasteiger partial charge in [0.15, 0.2) is 0 Å². The van der Waals surface area contributed by atoms with Gasteiger partial charge in [0.25, 0.3) is 0 Å². The summed E-state index contributed by atoms with van der Waals surface area (Å²) in [5, 5.41) is 0. The zero-order valence-corrected chi connectivity index (χ0v) is 11.7. The summed E-state index contributed by atoms with van der Waals surface area (Å²) in [6.07, 6.45) is 6.69. The van der Waals surface area contributed by atoms with Gasteiger partial charge in [-0.2, -0.15) is 6.67 Å². The van der Waals surface area contributed by atoms with Gasteiger partial charge in [0.05, 0.1) is 0 Å². The first-order valence-electron chi connectivity index (χ1n) is 5.07. The van der Waals surface area contributed by atoms with Crippen LogP contribution in [-0.4, -0.2) is 36.5 Å². The second-order valence-corrected chi connectivity index (χ2v) is 2.89. The maximum Gasteiger partial charge on any atom is 0 e. The normalized spacial score (nSPS) is 10.8. The molecule has 0 aromatic rings. The first-order chi connectivity index (χ1) is 8.36. The zero-order chi connectivity index (χ0) is 14.1. The maximum absolute atomic E-state index is 7.75. The molecule has 0 spiro atoms. The quantitative estimate of drug-likeness (QED) is 0.584. The minimum Gasteiger partial charge on any atom is -0.577 e. The van der Waals surface area contributed by atoms with Crippen molar-refractivity contribution in [1.82, 2.24) is 9.80 Å². The molecule has 109 valence electrons. The van der Waals surface area contributed by atoms with E-state index < -0.39 is 0 Å². The molecular formula is C11H19CoN3O3-4. The fourth-order valence-electron chi connectivity index (χ4n) is 1.22. The van der Waals surface area contributed by atoms with Gasteiger partial charge in [0.2, 0.25) is 0 Å². The average Bonchev–Trinajstić information content (AvgIpc) is 2.85. The number of nitroso groups, excluding NO2 is 1. The van der Waals surface area contributed by atoms with E-state index in [-0.39, 0.29) is 16.8 Å². The molecule has 0 fully saturated rings. The van der Waals surface area contributed by atoms with E-state index in [0.717, 1.165) is 13.1 Å². The Kier molecular flexibility index (Phi) is 35.3. The Morgan fingerprint density at radius 2 is 1.22 bits per heavy atom. The van der Waals surface area contributed by atoms with Gasteiger partial charge in [-0.25, -0.2) is 0 Å². The summed E-state index contributed by atoms with van der Waals surface area (Å²) >= 11 is 0. The van der Waals surface area contributed by atoms with Crippen molar-refractivity contribution >= 4 is 13.6 Å². The number of hydrogen-bond acceptors (Lipinski definition) is 5. The van der Waals surface area contributed by atoms with Crippen molar-refractivity contribution in [2.24, 2.45) is 0 Å². The van der Waals surface area contributed by atoms with Crippen LogP contribution in [0.1, 0.15) is 26.7 Å². The third-order valence-corrected chi connectivity index (χ3v) is 1.71. The fourth-order valence-corrected chi connectivity index (χ4v) is 1.22. The Hall–Kier alpha value is -1.21. The molecule has 0 aromatic heterocycles. The van der Waals surface area contributed by atoms with E-state index in [2.05, 4.69) is 56.3 Å². The van der Waals surface area contributed by atoms with Gasteiger partial charge in [-0.05, 0) is 38.3 Å². The van der Waals surface area contributed by atoms with Crippen molar-refractivity contribution in [3.8, 4) is 0 Å². The van der Waals surface area contributed by atoms with Gasteiger partial charge >= 0.3 is 0 Å². The average molecular weight is 300 g/mol. The molecule has 0 aliphatic carbocycles. The summed E-state index contributed by atoms with van der Waals surface area (Å²) in [6.45, 7) is 15.3. The molecule has 0 saturated carbocycles. The predicted octanol–water partition coefficient (Wildman–Crippen LogP) is 1.79. The number of hydrogen-bond donors (Lipinski definition) is 0. The Bertz CT molecular complexity index is 166. The van der Waals surface area contributed by atoms with E-state index in [4.69, 9.17) is 20.1 Å². The van der Waals surface area contributed by atoms with Crippen LogP contribution >= 0.6 is 0 Å². The minimum absolute atomic E-state index is 0. The molecule has 0 amide bonds. The molecule has 1 aliphatic rings. The molecule has 0 N–H and O–H groups in total. The van der Waals surface area contributed by atoms with Crippen molar-refractivity contribution in [2.75, 3.05) is 13.1 Å². The fraction of sp³-hybridized carbons (Fsp3) is 0.545. The van der Waals surface area contributed by atoms with Crippen LogP contribution in [0.2, 0.25) is 0 Å². The molecule has 0 aromatic carbocycles. The molecule has 0 atom stereocenters. The van der Waals surface area contributed by atoms with Crippen molar-refractivity contribution in [3.05, 3.63) is 29.6 Å². The molecule has 1 heterocycles.